The molecule has 2 nitrogen and oxygen atoms in total. The molecule has 0 bridgehead atoms. The standard InChI is InChI=1S/C15H17NO/c1-3-10-16(4-2)15(17)14-11-13(14)12-8-6-5-7-9-12/h1,5-9,13-14H,4,10-11H2,2H3. The van der Waals surface area contributed by atoms with Crippen molar-refractivity contribution in [3.05, 3.63) is 35.9 Å². The molecule has 0 spiro atoms. The van der Waals surface area contributed by atoms with Crippen LogP contribution in [0.2, 0.25) is 0 Å². The van der Waals surface area contributed by atoms with Crippen molar-refractivity contribution in [1.29, 1.82) is 0 Å². The van der Waals surface area contributed by atoms with Crippen molar-refractivity contribution in [2.45, 2.75) is 19.3 Å². The third kappa shape index (κ3) is 2.50. The van der Waals surface area contributed by atoms with E-state index in [1.807, 2.05) is 25.1 Å². The summed E-state index contributed by atoms with van der Waals surface area (Å²) in [5.74, 6) is 3.29. The van der Waals surface area contributed by atoms with E-state index in [9.17, 15) is 4.79 Å². The van der Waals surface area contributed by atoms with Crippen LogP contribution in [0.4, 0.5) is 0 Å². The second-order valence-electron chi connectivity index (χ2n) is 4.42. The predicted octanol–water partition coefficient (Wildman–Crippen LogP) is 2.27. The first-order valence-corrected chi connectivity index (χ1v) is 6.05. The molecule has 1 aliphatic rings. The molecular formula is C15H17NO. The molecule has 88 valence electrons. The molecule has 0 aromatic heterocycles. The van der Waals surface area contributed by atoms with Gasteiger partial charge in [0.2, 0.25) is 5.91 Å². The third-order valence-electron chi connectivity index (χ3n) is 3.31. The van der Waals surface area contributed by atoms with Crippen LogP contribution < -0.4 is 0 Å². The van der Waals surface area contributed by atoms with Crippen LogP contribution in [0.1, 0.15) is 24.8 Å². The Morgan fingerprint density at radius 2 is 2.18 bits per heavy atom. The Bertz CT molecular complexity index is 432. The number of nitrogens with zero attached hydrogens (tertiary/aromatic N) is 1. The average molecular weight is 227 g/mol. The summed E-state index contributed by atoms with van der Waals surface area (Å²) in [4.78, 5) is 13.9. The van der Waals surface area contributed by atoms with Crippen molar-refractivity contribution in [2.75, 3.05) is 13.1 Å². The smallest absolute Gasteiger partial charge is 0.227 e. The van der Waals surface area contributed by atoms with Gasteiger partial charge in [0.25, 0.3) is 0 Å². The Balaban J connectivity index is 1.99. The zero-order valence-corrected chi connectivity index (χ0v) is 10.1. The molecule has 1 fully saturated rings. The predicted molar refractivity (Wildman–Crippen MR) is 68.4 cm³/mol. The Morgan fingerprint density at radius 1 is 1.47 bits per heavy atom. The number of benzene rings is 1. The highest BCUT2D eigenvalue weighted by Gasteiger charge is 2.45. The molecule has 0 radical (unpaired) electrons. The fourth-order valence-corrected chi connectivity index (χ4v) is 2.23. The van der Waals surface area contributed by atoms with Gasteiger partial charge >= 0.3 is 0 Å². The SMILES string of the molecule is C#CCN(CC)C(=O)C1CC1c1ccccc1. The first-order chi connectivity index (χ1) is 8.27. The zero-order chi connectivity index (χ0) is 12.3. The molecular weight excluding hydrogens is 210 g/mol. The van der Waals surface area contributed by atoms with E-state index in [0.717, 1.165) is 6.42 Å². The van der Waals surface area contributed by atoms with Crippen LogP contribution in [0.5, 0.6) is 0 Å². The van der Waals surface area contributed by atoms with E-state index in [4.69, 9.17) is 6.42 Å². The van der Waals surface area contributed by atoms with Crippen LogP contribution in [0.3, 0.4) is 0 Å². The number of amides is 1. The molecule has 1 amide bonds. The lowest BCUT2D eigenvalue weighted by Gasteiger charge is -2.17. The number of carbonyl (C=O) groups excluding carboxylic acids is 1. The Hall–Kier alpha value is -1.75. The van der Waals surface area contributed by atoms with E-state index < -0.39 is 0 Å². The summed E-state index contributed by atoms with van der Waals surface area (Å²) in [6.07, 6.45) is 6.23. The van der Waals surface area contributed by atoms with Gasteiger partial charge in [-0.05, 0) is 24.8 Å². The van der Waals surface area contributed by atoms with Gasteiger partial charge in [-0.3, -0.25) is 4.79 Å². The van der Waals surface area contributed by atoms with Gasteiger partial charge in [-0.15, -0.1) is 6.42 Å². The van der Waals surface area contributed by atoms with Gasteiger partial charge in [-0.25, -0.2) is 0 Å². The first-order valence-electron chi connectivity index (χ1n) is 6.05. The first kappa shape index (κ1) is 11.7. The van der Waals surface area contributed by atoms with E-state index in [0.29, 0.717) is 19.0 Å². The van der Waals surface area contributed by atoms with Crippen LogP contribution in [-0.2, 0) is 4.79 Å². The van der Waals surface area contributed by atoms with E-state index in [2.05, 4.69) is 18.1 Å². The number of carbonyl (C=O) groups is 1. The summed E-state index contributed by atoms with van der Waals surface area (Å²) in [7, 11) is 0. The number of rotatable bonds is 4. The van der Waals surface area contributed by atoms with Gasteiger partial charge in [0.05, 0.1) is 6.54 Å². The lowest BCUT2D eigenvalue weighted by molar-refractivity contribution is -0.131. The normalized spacial score (nSPS) is 21.6. The quantitative estimate of drug-likeness (QED) is 0.723. The van der Waals surface area contributed by atoms with Gasteiger partial charge in [-0.2, -0.15) is 0 Å². The Kier molecular flexibility index (Phi) is 3.49. The van der Waals surface area contributed by atoms with Gasteiger partial charge < -0.3 is 4.90 Å². The molecule has 0 heterocycles. The summed E-state index contributed by atoms with van der Waals surface area (Å²) in [6, 6.07) is 10.2. The molecule has 0 aliphatic heterocycles. The van der Waals surface area contributed by atoms with Gasteiger partial charge in [0.15, 0.2) is 0 Å². The maximum atomic E-state index is 12.1. The van der Waals surface area contributed by atoms with Crippen LogP contribution in [0.15, 0.2) is 30.3 Å². The van der Waals surface area contributed by atoms with Crippen LogP contribution in [-0.4, -0.2) is 23.9 Å². The molecule has 2 unspecified atom stereocenters. The topological polar surface area (TPSA) is 20.3 Å². The molecule has 1 aliphatic carbocycles. The molecule has 2 atom stereocenters. The minimum atomic E-state index is 0.144. The molecule has 2 rings (SSSR count). The van der Waals surface area contributed by atoms with Crippen molar-refractivity contribution in [2.24, 2.45) is 5.92 Å². The number of hydrogen-bond acceptors (Lipinski definition) is 1. The Morgan fingerprint density at radius 3 is 2.76 bits per heavy atom. The molecule has 1 aromatic rings. The molecule has 17 heavy (non-hydrogen) atoms. The molecule has 2 heteroatoms. The van der Waals surface area contributed by atoms with E-state index in [-0.39, 0.29) is 11.8 Å². The summed E-state index contributed by atoms with van der Waals surface area (Å²) in [5.41, 5.74) is 1.27. The second kappa shape index (κ2) is 5.05. The molecule has 1 aromatic carbocycles. The van der Waals surface area contributed by atoms with Gasteiger partial charge in [0, 0.05) is 12.5 Å². The van der Waals surface area contributed by atoms with Crippen molar-refractivity contribution in [1.82, 2.24) is 4.90 Å². The molecule has 0 saturated heterocycles. The summed E-state index contributed by atoms with van der Waals surface area (Å²) in [6.45, 7) is 3.09. The van der Waals surface area contributed by atoms with Gasteiger partial charge in [0.1, 0.15) is 0 Å². The highest BCUT2D eigenvalue weighted by Crippen LogP contribution is 2.48. The number of terminal acetylenes is 1. The van der Waals surface area contributed by atoms with E-state index in [1.165, 1.54) is 5.56 Å². The lowest BCUT2D eigenvalue weighted by Crippen LogP contribution is -2.32. The molecule has 0 N–H and O–H groups in total. The highest BCUT2D eigenvalue weighted by atomic mass is 16.2. The lowest BCUT2D eigenvalue weighted by atomic mass is 10.1. The van der Waals surface area contributed by atoms with E-state index in [1.54, 1.807) is 4.90 Å². The van der Waals surface area contributed by atoms with Crippen LogP contribution >= 0.6 is 0 Å². The largest absolute Gasteiger partial charge is 0.332 e. The van der Waals surface area contributed by atoms with Crippen molar-refractivity contribution in [3.8, 4) is 12.3 Å². The minimum absolute atomic E-state index is 0.144. The number of hydrogen-bond donors (Lipinski definition) is 0. The summed E-state index contributed by atoms with van der Waals surface area (Å²) in [5, 5.41) is 0. The Labute approximate surface area is 103 Å². The molecule has 1 saturated carbocycles. The van der Waals surface area contributed by atoms with E-state index >= 15 is 0 Å². The highest BCUT2D eigenvalue weighted by molar-refractivity contribution is 5.83. The fourth-order valence-electron chi connectivity index (χ4n) is 2.23. The van der Waals surface area contributed by atoms with Crippen molar-refractivity contribution >= 4 is 5.91 Å². The summed E-state index contributed by atoms with van der Waals surface area (Å²) >= 11 is 0. The maximum absolute atomic E-state index is 12.1. The maximum Gasteiger partial charge on any atom is 0.227 e. The summed E-state index contributed by atoms with van der Waals surface area (Å²) < 4.78 is 0. The van der Waals surface area contributed by atoms with Crippen LogP contribution in [0, 0.1) is 18.3 Å². The van der Waals surface area contributed by atoms with Crippen LogP contribution in [0.25, 0.3) is 0 Å². The van der Waals surface area contributed by atoms with Gasteiger partial charge in [-0.1, -0.05) is 36.3 Å². The third-order valence-corrected chi connectivity index (χ3v) is 3.31. The fraction of sp³-hybridized carbons (Fsp3) is 0.400. The van der Waals surface area contributed by atoms with Crippen molar-refractivity contribution < 1.29 is 4.79 Å². The monoisotopic (exact) mass is 227 g/mol. The second-order valence-corrected chi connectivity index (χ2v) is 4.42. The average Bonchev–Trinajstić information content (AvgIpc) is 3.16. The zero-order valence-electron chi connectivity index (χ0n) is 10.1. The minimum Gasteiger partial charge on any atom is -0.332 e. The van der Waals surface area contributed by atoms with Crippen molar-refractivity contribution in [3.63, 3.8) is 0 Å².